The number of hydrogen-bond donors (Lipinski definition) is 0. The van der Waals surface area contributed by atoms with Gasteiger partial charge in [0, 0.05) is 0 Å². The summed E-state index contributed by atoms with van der Waals surface area (Å²) in [6.45, 7) is 1.69. The number of nitrogens with zero attached hydrogens (tertiary/aromatic N) is 3. The lowest BCUT2D eigenvalue weighted by atomic mass is 10.3. The smallest absolute Gasteiger partial charge is 0.360 e. The Morgan fingerprint density at radius 1 is 1.35 bits per heavy atom. The highest BCUT2D eigenvalue weighted by atomic mass is 19.1. The molecule has 17 heavy (non-hydrogen) atoms. The van der Waals surface area contributed by atoms with E-state index in [2.05, 4.69) is 15.0 Å². The second-order valence-electron chi connectivity index (χ2n) is 3.40. The molecule has 0 bridgehead atoms. The van der Waals surface area contributed by atoms with E-state index >= 15 is 0 Å². The molecule has 0 unspecified atom stereocenters. The summed E-state index contributed by atoms with van der Waals surface area (Å²) in [6.07, 6.45) is 0. The van der Waals surface area contributed by atoms with Gasteiger partial charge in [-0.3, -0.25) is 0 Å². The first-order valence-corrected chi connectivity index (χ1v) is 4.90. The second kappa shape index (κ2) is 4.32. The van der Waals surface area contributed by atoms with Crippen molar-refractivity contribution in [1.29, 1.82) is 0 Å². The fourth-order valence-corrected chi connectivity index (χ4v) is 1.44. The number of ether oxygens (including phenoxy) is 1. The van der Waals surface area contributed by atoms with Crippen LogP contribution in [-0.2, 0) is 4.74 Å². The third-order valence-corrected chi connectivity index (χ3v) is 2.34. The van der Waals surface area contributed by atoms with Crippen molar-refractivity contribution in [3.05, 3.63) is 41.5 Å². The first-order valence-electron chi connectivity index (χ1n) is 4.90. The van der Waals surface area contributed by atoms with Crippen molar-refractivity contribution in [2.24, 2.45) is 0 Å². The summed E-state index contributed by atoms with van der Waals surface area (Å²) < 4.78 is 18.8. The van der Waals surface area contributed by atoms with E-state index in [9.17, 15) is 9.18 Å². The van der Waals surface area contributed by atoms with E-state index in [4.69, 9.17) is 0 Å². The van der Waals surface area contributed by atoms with Crippen LogP contribution < -0.4 is 0 Å². The lowest BCUT2D eigenvalue weighted by Crippen LogP contribution is -2.05. The van der Waals surface area contributed by atoms with E-state index in [0.717, 1.165) is 0 Å². The molecule has 0 N–H and O–H groups in total. The number of aromatic nitrogens is 3. The molecule has 0 aliphatic heterocycles. The van der Waals surface area contributed by atoms with Crippen molar-refractivity contribution < 1.29 is 13.9 Å². The van der Waals surface area contributed by atoms with E-state index in [1.807, 2.05) is 0 Å². The lowest BCUT2D eigenvalue weighted by Gasteiger charge is -2.02. The minimum atomic E-state index is -0.545. The fourth-order valence-electron chi connectivity index (χ4n) is 1.44. The maximum absolute atomic E-state index is 12.8. The van der Waals surface area contributed by atoms with Gasteiger partial charge in [0.1, 0.15) is 5.82 Å². The predicted molar refractivity (Wildman–Crippen MR) is 57.4 cm³/mol. The van der Waals surface area contributed by atoms with Crippen molar-refractivity contribution in [2.75, 3.05) is 7.11 Å². The average molecular weight is 235 g/mol. The van der Waals surface area contributed by atoms with Crippen molar-refractivity contribution in [2.45, 2.75) is 6.92 Å². The Kier molecular flexibility index (Phi) is 2.86. The Bertz CT molecular complexity index is 548. The molecule has 0 aliphatic rings. The van der Waals surface area contributed by atoms with Gasteiger partial charge in [-0.25, -0.2) is 13.9 Å². The highest BCUT2D eigenvalue weighted by Gasteiger charge is 2.17. The molecule has 2 rings (SSSR count). The molecule has 6 heteroatoms. The van der Waals surface area contributed by atoms with Crippen LogP contribution in [0.5, 0.6) is 0 Å². The number of rotatable bonds is 2. The normalized spacial score (nSPS) is 10.3. The van der Waals surface area contributed by atoms with E-state index in [1.165, 1.54) is 23.9 Å². The summed E-state index contributed by atoms with van der Waals surface area (Å²) in [5, 5.41) is 7.56. The van der Waals surface area contributed by atoms with Gasteiger partial charge in [0.2, 0.25) is 0 Å². The summed E-state index contributed by atoms with van der Waals surface area (Å²) in [7, 11) is 1.28. The van der Waals surface area contributed by atoms with Gasteiger partial charge in [-0.2, -0.15) is 0 Å². The number of hydrogen-bond acceptors (Lipinski definition) is 4. The molecule has 88 valence electrons. The second-order valence-corrected chi connectivity index (χ2v) is 3.40. The maximum Gasteiger partial charge on any atom is 0.360 e. The van der Waals surface area contributed by atoms with Crippen LogP contribution in [0.3, 0.4) is 0 Å². The molecule has 0 amide bonds. The molecular formula is C11H10FN3O2. The number of carbonyl (C=O) groups is 1. The Labute approximate surface area is 96.8 Å². The van der Waals surface area contributed by atoms with Crippen LogP contribution in [0.25, 0.3) is 5.69 Å². The molecule has 1 heterocycles. The molecule has 0 spiro atoms. The lowest BCUT2D eigenvalue weighted by molar-refractivity contribution is 0.0593. The SMILES string of the molecule is COC(=O)c1nnn(-c2ccc(F)cc2)c1C. The van der Waals surface area contributed by atoms with Crippen LogP contribution in [0, 0.1) is 12.7 Å². The third-order valence-electron chi connectivity index (χ3n) is 2.34. The number of halogens is 1. The molecule has 5 nitrogen and oxygen atoms in total. The van der Waals surface area contributed by atoms with Crippen molar-refractivity contribution in [3.63, 3.8) is 0 Å². The molecule has 1 aromatic heterocycles. The molecule has 0 atom stereocenters. The van der Waals surface area contributed by atoms with Crippen LogP contribution in [0.4, 0.5) is 4.39 Å². The van der Waals surface area contributed by atoms with Crippen molar-refractivity contribution in [3.8, 4) is 5.69 Å². The van der Waals surface area contributed by atoms with Gasteiger partial charge in [-0.1, -0.05) is 5.21 Å². The van der Waals surface area contributed by atoms with Crippen LogP contribution >= 0.6 is 0 Å². The van der Waals surface area contributed by atoms with E-state index in [1.54, 1.807) is 19.1 Å². The Balaban J connectivity index is 2.44. The highest BCUT2D eigenvalue weighted by Crippen LogP contribution is 2.13. The molecule has 2 aromatic rings. The van der Waals surface area contributed by atoms with E-state index in [0.29, 0.717) is 11.4 Å². The minimum absolute atomic E-state index is 0.150. The van der Waals surface area contributed by atoms with E-state index in [-0.39, 0.29) is 11.5 Å². The summed E-state index contributed by atoms with van der Waals surface area (Å²) in [6, 6.07) is 5.73. The predicted octanol–water partition coefficient (Wildman–Crippen LogP) is 1.50. The van der Waals surface area contributed by atoms with Gasteiger partial charge in [0.15, 0.2) is 5.69 Å². The summed E-state index contributed by atoms with van der Waals surface area (Å²) in [5.74, 6) is -0.879. The van der Waals surface area contributed by atoms with Gasteiger partial charge in [-0.05, 0) is 31.2 Å². The van der Waals surface area contributed by atoms with Crippen LogP contribution in [0.15, 0.2) is 24.3 Å². The van der Waals surface area contributed by atoms with Gasteiger partial charge in [0.05, 0.1) is 18.5 Å². The maximum atomic E-state index is 12.8. The van der Waals surface area contributed by atoms with Crippen molar-refractivity contribution >= 4 is 5.97 Å². The van der Waals surface area contributed by atoms with Gasteiger partial charge < -0.3 is 4.74 Å². The highest BCUT2D eigenvalue weighted by molar-refractivity contribution is 5.88. The fraction of sp³-hybridized carbons (Fsp3) is 0.182. The largest absolute Gasteiger partial charge is 0.464 e. The van der Waals surface area contributed by atoms with Crippen LogP contribution in [0.2, 0.25) is 0 Å². The first kappa shape index (κ1) is 11.3. The molecule has 0 fully saturated rings. The van der Waals surface area contributed by atoms with Crippen LogP contribution in [0.1, 0.15) is 16.2 Å². The topological polar surface area (TPSA) is 57.0 Å². The Hall–Kier alpha value is -2.24. The number of benzene rings is 1. The Morgan fingerprint density at radius 2 is 2.00 bits per heavy atom. The van der Waals surface area contributed by atoms with E-state index < -0.39 is 5.97 Å². The zero-order valence-corrected chi connectivity index (χ0v) is 9.35. The third kappa shape index (κ3) is 2.01. The van der Waals surface area contributed by atoms with Gasteiger partial charge in [-0.15, -0.1) is 5.10 Å². The zero-order valence-electron chi connectivity index (χ0n) is 9.35. The molecule has 0 saturated carbocycles. The first-order chi connectivity index (χ1) is 8.13. The number of carbonyl (C=O) groups excluding carboxylic acids is 1. The van der Waals surface area contributed by atoms with Gasteiger partial charge >= 0.3 is 5.97 Å². The standard InChI is InChI=1S/C11H10FN3O2/c1-7-10(11(16)17-2)13-14-15(7)9-5-3-8(12)4-6-9/h3-6H,1-2H3. The molecule has 0 radical (unpaired) electrons. The van der Waals surface area contributed by atoms with Crippen molar-refractivity contribution in [1.82, 2.24) is 15.0 Å². The van der Waals surface area contributed by atoms with Gasteiger partial charge in [0.25, 0.3) is 0 Å². The molecule has 0 saturated heterocycles. The summed E-state index contributed by atoms with van der Waals surface area (Å²) in [4.78, 5) is 11.3. The molecular weight excluding hydrogens is 225 g/mol. The average Bonchev–Trinajstić information content (AvgIpc) is 2.71. The summed E-state index contributed by atoms with van der Waals surface area (Å²) in [5.41, 5.74) is 1.33. The minimum Gasteiger partial charge on any atom is -0.464 e. The Morgan fingerprint density at radius 3 is 2.59 bits per heavy atom. The number of esters is 1. The summed E-state index contributed by atoms with van der Waals surface area (Å²) >= 11 is 0. The molecule has 1 aromatic carbocycles. The monoisotopic (exact) mass is 235 g/mol. The molecule has 0 aliphatic carbocycles. The van der Waals surface area contributed by atoms with Crippen LogP contribution in [-0.4, -0.2) is 28.1 Å². The number of methoxy groups -OCH3 is 1. The zero-order chi connectivity index (χ0) is 12.4. The quantitative estimate of drug-likeness (QED) is 0.740.